The van der Waals surface area contributed by atoms with Gasteiger partial charge in [0.1, 0.15) is 6.29 Å². The molecule has 0 spiro atoms. The van der Waals surface area contributed by atoms with Gasteiger partial charge in [0.2, 0.25) is 5.91 Å². The molecule has 0 aliphatic rings. The molecule has 1 heterocycles. The molecule has 114 valence electrons. The predicted molar refractivity (Wildman–Crippen MR) is 79.1 cm³/mol. The van der Waals surface area contributed by atoms with Crippen molar-refractivity contribution in [3.63, 3.8) is 0 Å². The summed E-state index contributed by atoms with van der Waals surface area (Å²) in [5.74, 6) is -0.770. The number of nitrogens with zero attached hydrogens (tertiary/aromatic N) is 1. The number of nitrogens with one attached hydrogen (secondary N) is 3. The van der Waals surface area contributed by atoms with Gasteiger partial charge in [-0.3, -0.25) is 9.59 Å². The number of hydrogen-bond acceptors (Lipinski definition) is 4. The summed E-state index contributed by atoms with van der Waals surface area (Å²) in [6, 6.07) is 7.91. The molecule has 0 bridgehead atoms. The van der Waals surface area contributed by atoms with E-state index in [1.807, 2.05) is 0 Å². The molecule has 1 aromatic heterocycles. The Bertz CT molecular complexity index is 626. The maximum Gasteiger partial charge on any atom is 0.251 e. The van der Waals surface area contributed by atoms with Crippen molar-refractivity contribution < 1.29 is 14.4 Å². The summed E-state index contributed by atoms with van der Waals surface area (Å²) < 4.78 is 0. The Morgan fingerprint density at radius 1 is 1.27 bits per heavy atom. The van der Waals surface area contributed by atoms with Crippen molar-refractivity contribution in [2.24, 2.45) is 0 Å². The van der Waals surface area contributed by atoms with Crippen LogP contribution in [-0.4, -0.2) is 40.7 Å². The van der Waals surface area contributed by atoms with Crippen LogP contribution in [0.2, 0.25) is 0 Å². The van der Waals surface area contributed by atoms with Crippen LogP contribution in [0.3, 0.4) is 0 Å². The molecular formula is C15H16N4O3. The molecule has 1 aromatic carbocycles. The highest BCUT2D eigenvalue weighted by Gasteiger charge is 2.14. The fourth-order valence-corrected chi connectivity index (χ4v) is 1.88. The van der Waals surface area contributed by atoms with Gasteiger partial charge in [-0.15, -0.1) is 0 Å². The van der Waals surface area contributed by atoms with Gasteiger partial charge in [-0.2, -0.15) is 0 Å². The number of aromatic amines is 1. The van der Waals surface area contributed by atoms with E-state index in [1.54, 1.807) is 36.5 Å². The van der Waals surface area contributed by atoms with Gasteiger partial charge in [-0.05, 0) is 12.1 Å². The van der Waals surface area contributed by atoms with Gasteiger partial charge < -0.3 is 20.4 Å². The van der Waals surface area contributed by atoms with E-state index in [0.29, 0.717) is 18.3 Å². The predicted octanol–water partition coefficient (Wildman–Crippen LogP) is 0.0659. The molecule has 2 aromatic rings. The van der Waals surface area contributed by atoms with Crippen molar-refractivity contribution in [2.45, 2.75) is 12.5 Å². The zero-order chi connectivity index (χ0) is 15.8. The van der Waals surface area contributed by atoms with E-state index in [2.05, 4.69) is 20.6 Å². The smallest absolute Gasteiger partial charge is 0.251 e. The number of carbonyl (C=O) groups excluding carboxylic acids is 3. The number of amides is 2. The van der Waals surface area contributed by atoms with Gasteiger partial charge in [0, 0.05) is 23.9 Å². The minimum atomic E-state index is -0.665. The van der Waals surface area contributed by atoms with Crippen LogP contribution >= 0.6 is 0 Å². The standard InChI is InChI=1S/C15H16N4O3/c20-9-13(6-12-7-16-10-18-12)19-14(21)8-17-15(22)11-4-2-1-3-5-11/h1-5,7,9-10,13H,6,8H2,(H,16,18)(H,17,22)(H,19,21)/t13-/m0/s1. The van der Waals surface area contributed by atoms with Gasteiger partial charge in [-0.1, -0.05) is 18.2 Å². The van der Waals surface area contributed by atoms with E-state index in [1.165, 1.54) is 6.33 Å². The third-order valence-corrected chi connectivity index (χ3v) is 2.95. The summed E-state index contributed by atoms with van der Waals surface area (Å²) in [6.07, 6.45) is 4.05. The zero-order valence-electron chi connectivity index (χ0n) is 11.8. The molecule has 7 nitrogen and oxygen atoms in total. The molecule has 7 heteroatoms. The van der Waals surface area contributed by atoms with Crippen LogP contribution in [0, 0.1) is 0 Å². The summed E-state index contributed by atoms with van der Waals surface area (Å²) in [6.45, 7) is -0.193. The first-order chi connectivity index (χ1) is 10.7. The Balaban J connectivity index is 1.79. The van der Waals surface area contributed by atoms with Crippen LogP contribution in [0.5, 0.6) is 0 Å². The number of imidazole rings is 1. The average Bonchev–Trinajstić information content (AvgIpc) is 3.05. The fourth-order valence-electron chi connectivity index (χ4n) is 1.88. The van der Waals surface area contributed by atoms with E-state index in [-0.39, 0.29) is 12.5 Å². The Kier molecular flexibility index (Phi) is 5.42. The number of aromatic nitrogens is 2. The maximum atomic E-state index is 11.8. The molecule has 2 rings (SSSR count). The summed E-state index contributed by atoms with van der Waals surface area (Å²) in [5, 5.41) is 5.04. The second-order valence-electron chi connectivity index (χ2n) is 4.64. The number of H-pyrrole nitrogens is 1. The van der Waals surface area contributed by atoms with Crippen molar-refractivity contribution in [3.8, 4) is 0 Å². The van der Waals surface area contributed by atoms with Crippen LogP contribution in [0.1, 0.15) is 16.1 Å². The lowest BCUT2D eigenvalue weighted by Crippen LogP contribution is -2.43. The van der Waals surface area contributed by atoms with E-state index < -0.39 is 11.9 Å². The number of rotatable bonds is 7. The van der Waals surface area contributed by atoms with E-state index in [0.717, 1.165) is 5.69 Å². The first-order valence-corrected chi connectivity index (χ1v) is 6.74. The van der Waals surface area contributed by atoms with Gasteiger partial charge in [-0.25, -0.2) is 4.98 Å². The molecule has 0 radical (unpaired) electrons. The van der Waals surface area contributed by atoms with Gasteiger partial charge >= 0.3 is 0 Å². The van der Waals surface area contributed by atoms with E-state index >= 15 is 0 Å². The molecule has 0 aliphatic heterocycles. The number of carbonyl (C=O) groups is 3. The zero-order valence-corrected chi connectivity index (χ0v) is 11.8. The van der Waals surface area contributed by atoms with Crippen LogP contribution in [-0.2, 0) is 16.0 Å². The minimum absolute atomic E-state index is 0.193. The Labute approximate surface area is 127 Å². The lowest BCUT2D eigenvalue weighted by molar-refractivity contribution is -0.123. The molecule has 1 atom stereocenters. The first-order valence-electron chi connectivity index (χ1n) is 6.74. The summed E-state index contributed by atoms with van der Waals surface area (Å²) in [7, 11) is 0. The normalized spacial score (nSPS) is 11.5. The second kappa shape index (κ2) is 7.72. The lowest BCUT2D eigenvalue weighted by Gasteiger charge is -2.12. The Hall–Kier alpha value is -2.96. The number of aldehydes is 1. The van der Waals surface area contributed by atoms with Gasteiger partial charge in [0.15, 0.2) is 0 Å². The first kappa shape index (κ1) is 15.4. The molecule has 0 saturated heterocycles. The SMILES string of the molecule is O=C[C@H](Cc1cnc[nH]1)NC(=O)CNC(=O)c1ccccc1. The van der Waals surface area contributed by atoms with Crippen molar-refractivity contribution in [1.82, 2.24) is 20.6 Å². The summed E-state index contributed by atoms with van der Waals surface area (Å²) in [4.78, 5) is 41.2. The van der Waals surface area contributed by atoms with Crippen LogP contribution in [0.25, 0.3) is 0 Å². The lowest BCUT2D eigenvalue weighted by atomic mass is 10.2. The Morgan fingerprint density at radius 2 is 2.05 bits per heavy atom. The van der Waals surface area contributed by atoms with Gasteiger partial charge in [0.05, 0.1) is 18.9 Å². The molecule has 3 N–H and O–H groups in total. The third-order valence-electron chi connectivity index (χ3n) is 2.95. The van der Waals surface area contributed by atoms with Crippen LogP contribution in [0.15, 0.2) is 42.9 Å². The van der Waals surface area contributed by atoms with Gasteiger partial charge in [0.25, 0.3) is 5.91 Å². The van der Waals surface area contributed by atoms with Crippen molar-refractivity contribution in [1.29, 1.82) is 0 Å². The maximum absolute atomic E-state index is 11.8. The highest BCUT2D eigenvalue weighted by atomic mass is 16.2. The highest BCUT2D eigenvalue weighted by molar-refractivity contribution is 5.96. The molecule has 0 unspecified atom stereocenters. The molecule has 0 saturated carbocycles. The highest BCUT2D eigenvalue weighted by Crippen LogP contribution is 1.98. The van der Waals surface area contributed by atoms with Crippen molar-refractivity contribution in [3.05, 3.63) is 54.1 Å². The summed E-state index contributed by atoms with van der Waals surface area (Å²) in [5.41, 5.74) is 1.21. The number of hydrogen-bond donors (Lipinski definition) is 3. The van der Waals surface area contributed by atoms with Crippen molar-refractivity contribution >= 4 is 18.1 Å². The molecule has 0 fully saturated rings. The average molecular weight is 300 g/mol. The fraction of sp³-hybridized carbons (Fsp3) is 0.200. The largest absolute Gasteiger partial charge is 0.348 e. The quantitative estimate of drug-likeness (QED) is 0.629. The minimum Gasteiger partial charge on any atom is -0.348 e. The van der Waals surface area contributed by atoms with Crippen LogP contribution in [0.4, 0.5) is 0 Å². The molecule has 0 aliphatic carbocycles. The second-order valence-corrected chi connectivity index (χ2v) is 4.64. The summed E-state index contributed by atoms with van der Waals surface area (Å²) >= 11 is 0. The molecule has 22 heavy (non-hydrogen) atoms. The topological polar surface area (TPSA) is 104 Å². The third kappa shape index (κ3) is 4.55. The van der Waals surface area contributed by atoms with E-state index in [9.17, 15) is 14.4 Å². The monoisotopic (exact) mass is 300 g/mol. The molecular weight excluding hydrogens is 284 g/mol. The van der Waals surface area contributed by atoms with Crippen LogP contribution < -0.4 is 10.6 Å². The molecule has 2 amide bonds. The van der Waals surface area contributed by atoms with E-state index in [4.69, 9.17) is 0 Å². The Morgan fingerprint density at radius 3 is 2.68 bits per heavy atom. The number of benzene rings is 1. The van der Waals surface area contributed by atoms with Crippen molar-refractivity contribution in [2.75, 3.05) is 6.54 Å².